The summed E-state index contributed by atoms with van der Waals surface area (Å²) < 4.78 is 1.89. The van der Waals surface area contributed by atoms with Gasteiger partial charge in [0.25, 0.3) is 5.56 Å². The van der Waals surface area contributed by atoms with Gasteiger partial charge in [0.2, 0.25) is 16.5 Å². The maximum atomic E-state index is 12.0. The van der Waals surface area contributed by atoms with Crippen molar-refractivity contribution in [3.63, 3.8) is 0 Å². The Labute approximate surface area is 136 Å². The Hall–Kier alpha value is -1.66. The van der Waals surface area contributed by atoms with E-state index >= 15 is 0 Å². The van der Waals surface area contributed by atoms with Crippen LogP contribution >= 0.6 is 23.2 Å². The Bertz CT molecular complexity index is 773. The van der Waals surface area contributed by atoms with Crippen LogP contribution in [-0.4, -0.2) is 32.6 Å². The first kappa shape index (κ1) is 14.0. The standard InChI is InChI=1S/C14H13Cl2N5O/c15-12-17-13(16)19-14(18-12)20-5-8-4-9(7-20)10-2-1-3-11(22)21(10)6-8/h1-3,8-9H,4-7H2/t8-,9-/m0/s1. The van der Waals surface area contributed by atoms with Gasteiger partial charge in [0.15, 0.2) is 0 Å². The van der Waals surface area contributed by atoms with Crippen LogP contribution in [0.1, 0.15) is 18.0 Å². The molecule has 1 saturated heterocycles. The first-order valence-electron chi connectivity index (χ1n) is 7.12. The summed E-state index contributed by atoms with van der Waals surface area (Å²) in [6.07, 6.45) is 1.08. The zero-order valence-corrected chi connectivity index (χ0v) is 13.1. The zero-order valence-electron chi connectivity index (χ0n) is 11.6. The maximum absolute atomic E-state index is 12.0. The molecule has 2 bridgehead atoms. The Kier molecular flexibility index (Phi) is 3.31. The Morgan fingerprint density at radius 1 is 1.05 bits per heavy atom. The minimum absolute atomic E-state index is 0.0758. The molecular weight excluding hydrogens is 325 g/mol. The molecule has 0 spiro atoms. The summed E-state index contributed by atoms with van der Waals surface area (Å²) in [5.74, 6) is 1.18. The van der Waals surface area contributed by atoms with Crippen LogP contribution in [0, 0.1) is 5.92 Å². The molecule has 1 fully saturated rings. The van der Waals surface area contributed by atoms with Crippen LogP contribution in [0.5, 0.6) is 0 Å². The molecule has 2 aliphatic heterocycles. The molecule has 8 heteroatoms. The average molecular weight is 338 g/mol. The van der Waals surface area contributed by atoms with E-state index in [1.54, 1.807) is 6.07 Å². The molecule has 0 saturated carbocycles. The van der Waals surface area contributed by atoms with Crippen molar-refractivity contribution < 1.29 is 0 Å². The molecule has 114 valence electrons. The summed E-state index contributed by atoms with van der Waals surface area (Å²) >= 11 is 11.7. The second-order valence-corrected chi connectivity index (χ2v) is 6.45. The van der Waals surface area contributed by atoms with Gasteiger partial charge in [-0.25, -0.2) is 0 Å². The second kappa shape index (κ2) is 5.21. The van der Waals surface area contributed by atoms with Crippen LogP contribution in [0.4, 0.5) is 5.95 Å². The van der Waals surface area contributed by atoms with Crippen molar-refractivity contribution in [3.05, 3.63) is 44.8 Å². The number of piperidine rings is 1. The van der Waals surface area contributed by atoms with Gasteiger partial charge in [-0.15, -0.1) is 0 Å². The third kappa shape index (κ3) is 2.36. The van der Waals surface area contributed by atoms with Crippen LogP contribution < -0.4 is 10.5 Å². The molecule has 22 heavy (non-hydrogen) atoms. The number of hydrogen-bond donors (Lipinski definition) is 0. The molecule has 2 aliphatic rings. The number of hydrogen-bond acceptors (Lipinski definition) is 5. The van der Waals surface area contributed by atoms with Crippen LogP contribution in [0.3, 0.4) is 0 Å². The molecule has 0 aliphatic carbocycles. The Balaban J connectivity index is 1.70. The molecule has 4 rings (SSSR count). The number of halogens is 2. The van der Waals surface area contributed by atoms with Gasteiger partial charge in [-0.3, -0.25) is 4.79 Å². The third-order valence-corrected chi connectivity index (χ3v) is 4.67. The van der Waals surface area contributed by atoms with Crippen LogP contribution in [0.25, 0.3) is 0 Å². The van der Waals surface area contributed by atoms with E-state index in [9.17, 15) is 4.79 Å². The SMILES string of the molecule is O=c1cccc2n1C[C@H]1C[C@H]2CN(c2nc(Cl)nc(Cl)n2)C1. The first-order chi connectivity index (χ1) is 10.6. The maximum Gasteiger partial charge on any atom is 0.250 e. The highest BCUT2D eigenvalue weighted by molar-refractivity contribution is 6.31. The van der Waals surface area contributed by atoms with Crippen molar-refractivity contribution in [3.8, 4) is 0 Å². The normalized spacial score (nSPS) is 23.3. The van der Waals surface area contributed by atoms with Gasteiger partial charge in [-0.2, -0.15) is 15.0 Å². The summed E-state index contributed by atoms with van der Waals surface area (Å²) in [7, 11) is 0. The number of anilines is 1. The average Bonchev–Trinajstić information content (AvgIpc) is 2.47. The molecule has 0 amide bonds. The van der Waals surface area contributed by atoms with E-state index in [1.807, 2.05) is 16.7 Å². The van der Waals surface area contributed by atoms with Gasteiger partial charge in [0.05, 0.1) is 0 Å². The molecule has 0 N–H and O–H groups in total. The minimum atomic E-state index is 0.0758. The van der Waals surface area contributed by atoms with Gasteiger partial charge in [0.1, 0.15) is 0 Å². The van der Waals surface area contributed by atoms with E-state index in [0.717, 1.165) is 31.7 Å². The number of rotatable bonds is 1. The highest BCUT2D eigenvalue weighted by Gasteiger charge is 2.35. The van der Waals surface area contributed by atoms with Gasteiger partial charge in [-0.1, -0.05) is 6.07 Å². The third-order valence-electron chi connectivity index (χ3n) is 4.33. The Morgan fingerprint density at radius 3 is 2.59 bits per heavy atom. The molecule has 2 atom stereocenters. The molecule has 0 radical (unpaired) electrons. The van der Waals surface area contributed by atoms with Gasteiger partial charge in [-0.05, 0) is 41.6 Å². The topological polar surface area (TPSA) is 63.9 Å². The summed E-state index contributed by atoms with van der Waals surface area (Å²) in [6.45, 7) is 2.26. The highest BCUT2D eigenvalue weighted by Crippen LogP contribution is 2.36. The first-order valence-corrected chi connectivity index (χ1v) is 7.87. The molecule has 6 nitrogen and oxygen atoms in total. The predicted octanol–water partition coefficient (Wildman–Crippen LogP) is 1.96. The summed E-state index contributed by atoms with van der Waals surface area (Å²) in [4.78, 5) is 26.2. The summed E-state index contributed by atoms with van der Waals surface area (Å²) in [5.41, 5.74) is 1.16. The van der Waals surface area contributed by atoms with Gasteiger partial charge >= 0.3 is 0 Å². The lowest BCUT2D eigenvalue weighted by molar-refractivity contribution is 0.279. The minimum Gasteiger partial charge on any atom is -0.340 e. The van der Waals surface area contributed by atoms with Crippen molar-refractivity contribution in [1.82, 2.24) is 19.5 Å². The number of aromatic nitrogens is 4. The van der Waals surface area contributed by atoms with Crippen molar-refractivity contribution >= 4 is 29.2 Å². The molecule has 2 aromatic rings. The zero-order chi connectivity index (χ0) is 15.3. The van der Waals surface area contributed by atoms with E-state index in [4.69, 9.17) is 23.2 Å². The van der Waals surface area contributed by atoms with E-state index in [2.05, 4.69) is 19.9 Å². The van der Waals surface area contributed by atoms with Gasteiger partial charge in [0, 0.05) is 37.3 Å². The van der Waals surface area contributed by atoms with E-state index in [-0.39, 0.29) is 22.0 Å². The van der Waals surface area contributed by atoms with Crippen molar-refractivity contribution in [1.29, 1.82) is 0 Å². The summed E-state index contributed by atoms with van der Waals surface area (Å²) in [6, 6.07) is 5.47. The Morgan fingerprint density at radius 2 is 1.82 bits per heavy atom. The highest BCUT2D eigenvalue weighted by atomic mass is 35.5. The number of fused-ring (bicyclic) bond motifs is 4. The van der Waals surface area contributed by atoms with Crippen LogP contribution in [0.15, 0.2) is 23.0 Å². The largest absolute Gasteiger partial charge is 0.340 e. The lowest BCUT2D eigenvalue weighted by Crippen LogP contribution is -2.47. The fraction of sp³-hybridized carbons (Fsp3) is 0.429. The predicted molar refractivity (Wildman–Crippen MR) is 83.6 cm³/mol. The number of pyridine rings is 1. The van der Waals surface area contributed by atoms with Crippen LogP contribution in [0.2, 0.25) is 10.6 Å². The quantitative estimate of drug-likeness (QED) is 0.795. The van der Waals surface area contributed by atoms with E-state index in [1.165, 1.54) is 0 Å². The lowest BCUT2D eigenvalue weighted by atomic mass is 9.83. The van der Waals surface area contributed by atoms with E-state index in [0.29, 0.717) is 11.9 Å². The fourth-order valence-corrected chi connectivity index (χ4v) is 3.87. The molecule has 4 heterocycles. The van der Waals surface area contributed by atoms with Crippen LogP contribution in [-0.2, 0) is 6.54 Å². The number of nitrogens with zero attached hydrogens (tertiary/aromatic N) is 5. The lowest BCUT2D eigenvalue weighted by Gasteiger charge is -2.42. The van der Waals surface area contributed by atoms with Crippen molar-refractivity contribution in [2.75, 3.05) is 18.0 Å². The smallest absolute Gasteiger partial charge is 0.250 e. The summed E-state index contributed by atoms with van der Waals surface area (Å²) in [5, 5.41) is 0.199. The van der Waals surface area contributed by atoms with E-state index < -0.39 is 0 Å². The molecule has 0 unspecified atom stereocenters. The molecular formula is C14H13Cl2N5O. The molecule has 2 aromatic heterocycles. The second-order valence-electron chi connectivity index (χ2n) is 5.78. The van der Waals surface area contributed by atoms with Crippen molar-refractivity contribution in [2.24, 2.45) is 5.92 Å². The van der Waals surface area contributed by atoms with Gasteiger partial charge < -0.3 is 9.47 Å². The molecule has 0 aromatic carbocycles. The monoisotopic (exact) mass is 337 g/mol. The van der Waals surface area contributed by atoms with Crippen molar-refractivity contribution in [2.45, 2.75) is 18.9 Å². The fourth-order valence-electron chi connectivity index (χ4n) is 3.52.